The van der Waals surface area contributed by atoms with Crippen LogP contribution in [0.4, 0.5) is 0 Å². The van der Waals surface area contributed by atoms with Gasteiger partial charge in [-0.3, -0.25) is 4.79 Å². The highest BCUT2D eigenvalue weighted by molar-refractivity contribution is 5.83. The molecule has 0 aliphatic rings. The van der Waals surface area contributed by atoms with E-state index in [1.165, 1.54) is 0 Å². The number of aliphatic carboxylic acids is 1. The van der Waals surface area contributed by atoms with Crippen LogP contribution in [0.25, 0.3) is 0 Å². The van der Waals surface area contributed by atoms with Crippen molar-refractivity contribution in [3.63, 3.8) is 0 Å². The van der Waals surface area contributed by atoms with Crippen LogP contribution in [0.5, 0.6) is 5.75 Å². The Morgan fingerprint density at radius 3 is 2.45 bits per heavy atom. The van der Waals surface area contributed by atoms with Gasteiger partial charge in [0.2, 0.25) is 5.91 Å². The molecule has 1 aromatic rings. The first-order valence-electron chi connectivity index (χ1n) is 6.69. The second-order valence-corrected chi connectivity index (χ2v) is 5.22. The largest absolute Gasteiger partial charge is 0.508 e. The molecule has 0 aliphatic carbocycles. The van der Waals surface area contributed by atoms with E-state index >= 15 is 0 Å². The molecule has 0 saturated carbocycles. The van der Waals surface area contributed by atoms with Gasteiger partial charge in [0.1, 0.15) is 11.8 Å². The summed E-state index contributed by atoms with van der Waals surface area (Å²) in [5, 5.41) is 21.1. The molecule has 0 heterocycles. The van der Waals surface area contributed by atoms with E-state index in [-0.39, 0.29) is 24.0 Å². The monoisotopic (exact) mass is 279 g/mol. The van der Waals surface area contributed by atoms with Crippen LogP contribution in [0.3, 0.4) is 0 Å². The Labute approximate surface area is 118 Å². The van der Waals surface area contributed by atoms with Gasteiger partial charge < -0.3 is 15.5 Å². The summed E-state index contributed by atoms with van der Waals surface area (Å²) >= 11 is 0. The summed E-state index contributed by atoms with van der Waals surface area (Å²) in [7, 11) is 0. The van der Waals surface area contributed by atoms with Crippen LogP contribution in [0.2, 0.25) is 0 Å². The molecule has 1 amide bonds. The second kappa shape index (κ2) is 7.53. The van der Waals surface area contributed by atoms with Gasteiger partial charge in [-0.15, -0.1) is 0 Å². The number of carbonyl (C=O) groups excluding carboxylic acids is 1. The van der Waals surface area contributed by atoms with Crippen molar-refractivity contribution < 1.29 is 19.8 Å². The molecule has 1 aromatic carbocycles. The zero-order valence-electron chi connectivity index (χ0n) is 11.8. The van der Waals surface area contributed by atoms with Crippen molar-refractivity contribution >= 4 is 11.9 Å². The third-order valence-electron chi connectivity index (χ3n) is 2.95. The minimum absolute atomic E-state index is 0.150. The molecule has 1 rings (SSSR count). The average molecular weight is 279 g/mol. The van der Waals surface area contributed by atoms with Crippen LogP contribution in [-0.2, 0) is 16.0 Å². The van der Waals surface area contributed by atoms with E-state index in [0.717, 1.165) is 0 Å². The van der Waals surface area contributed by atoms with Gasteiger partial charge in [-0.25, -0.2) is 4.79 Å². The maximum Gasteiger partial charge on any atom is 0.326 e. The van der Waals surface area contributed by atoms with E-state index in [9.17, 15) is 14.7 Å². The number of rotatable bonds is 7. The molecule has 110 valence electrons. The molecular formula is C15H21NO4. The molecule has 0 saturated heterocycles. The van der Waals surface area contributed by atoms with Crippen molar-refractivity contribution in [2.75, 3.05) is 0 Å². The van der Waals surface area contributed by atoms with Gasteiger partial charge in [0.05, 0.1) is 0 Å². The zero-order valence-corrected chi connectivity index (χ0v) is 11.8. The van der Waals surface area contributed by atoms with Crippen LogP contribution in [0.15, 0.2) is 24.3 Å². The molecule has 0 fully saturated rings. The zero-order chi connectivity index (χ0) is 15.1. The first-order chi connectivity index (χ1) is 9.40. The number of benzene rings is 1. The first-order valence-corrected chi connectivity index (χ1v) is 6.69. The van der Waals surface area contributed by atoms with Gasteiger partial charge in [0.15, 0.2) is 0 Å². The van der Waals surface area contributed by atoms with E-state index in [2.05, 4.69) is 5.32 Å². The molecule has 20 heavy (non-hydrogen) atoms. The maximum atomic E-state index is 11.8. The van der Waals surface area contributed by atoms with Crippen molar-refractivity contribution in [3.8, 4) is 5.75 Å². The van der Waals surface area contributed by atoms with Crippen molar-refractivity contribution in [3.05, 3.63) is 29.8 Å². The number of carboxylic acid groups (broad SMARTS) is 1. The maximum absolute atomic E-state index is 11.8. The van der Waals surface area contributed by atoms with Gasteiger partial charge in [-0.05, 0) is 30.4 Å². The number of phenolic OH excluding ortho intramolecular Hbond substituents is 1. The smallest absolute Gasteiger partial charge is 0.326 e. The molecule has 0 aromatic heterocycles. The predicted molar refractivity (Wildman–Crippen MR) is 75.4 cm³/mol. The predicted octanol–water partition coefficient (Wildman–Crippen LogP) is 1.94. The number of hydrogen-bond acceptors (Lipinski definition) is 3. The molecule has 3 N–H and O–H groups in total. The van der Waals surface area contributed by atoms with E-state index in [0.29, 0.717) is 18.4 Å². The Hall–Kier alpha value is -2.04. The number of amides is 1. The summed E-state index contributed by atoms with van der Waals surface area (Å²) in [6.45, 7) is 3.81. The molecule has 0 aliphatic heterocycles. The highest BCUT2D eigenvalue weighted by atomic mass is 16.4. The molecule has 0 bridgehead atoms. The Balaban J connectivity index is 2.50. The van der Waals surface area contributed by atoms with Crippen LogP contribution >= 0.6 is 0 Å². The second-order valence-electron chi connectivity index (χ2n) is 5.22. The lowest BCUT2D eigenvalue weighted by atomic mass is 10.0. The van der Waals surface area contributed by atoms with Gasteiger partial charge in [0.25, 0.3) is 0 Å². The van der Waals surface area contributed by atoms with Crippen molar-refractivity contribution in [2.24, 2.45) is 5.92 Å². The van der Waals surface area contributed by atoms with Crippen molar-refractivity contribution in [1.29, 1.82) is 0 Å². The summed E-state index contributed by atoms with van der Waals surface area (Å²) in [5.41, 5.74) is 0.679. The highest BCUT2D eigenvalue weighted by Crippen LogP contribution is 2.17. The number of carboxylic acids is 1. The van der Waals surface area contributed by atoms with Gasteiger partial charge in [0, 0.05) is 6.42 Å². The van der Waals surface area contributed by atoms with Crippen LogP contribution in [0, 0.1) is 5.92 Å². The van der Waals surface area contributed by atoms with Gasteiger partial charge >= 0.3 is 5.97 Å². The topological polar surface area (TPSA) is 86.6 Å². The minimum Gasteiger partial charge on any atom is -0.508 e. The number of phenols is 1. The Morgan fingerprint density at radius 2 is 1.90 bits per heavy atom. The van der Waals surface area contributed by atoms with Crippen LogP contribution < -0.4 is 5.32 Å². The third-order valence-corrected chi connectivity index (χ3v) is 2.95. The highest BCUT2D eigenvalue weighted by Gasteiger charge is 2.20. The summed E-state index contributed by atoms with van der Waals surface area (Å²) in [6, 6.07) is 5.94. The number of aryl methyl sites for hydroxylation is 1. The SMILES string of the molecule is CC(C)C[C@H](NC(=O)CCc1ccccc1O)C(=O)O. The number of para-hydroxylation sites is 1. The normalized spacial score (nSPS) is 12.2. The molecule has 1 atom stereocenters. The summed E-state index contributed by atoms with van der Waals surface area (Å²) in [4.78, 5) is 22.8. The minimum atomic E-state index is -1.02. The lowest BCUT2D eigenvalue weighted by Gasteiger charge is -2.16. The Kier molecular flexibility index (Phi) is 6.03. The van der Waals surface area contributed by atoms with E-state index in [4.69, 9.17) is 5.11 Å². The van der Waals surface area contributed by atoms with E-state index in [1.54, 1.807) is 24.3 Å². The van der Waals surface area contributed by atoms with Crippen molar-refractivity contribution in [1.82, 2.24) is 5.32 Å². The number of nitrogens with one attached hydrogen (secondary N) is 1. The molecule has 0 radical (unpaired) electrons. The van der Waals surface area contributed by atoms with E-state index in [1.807, 2.05) is 13.8 Å². The summed E-state index contributed by atoms with van der Waals surface area (Å²) < 4.78 is 0. The van der Waals surface area contributed by atoms with Gasteiger partial charge in [-0.1, -0.05) is 32.0 Å². The number of hydrogen-bond donors (Lipinski definition) is 3. The quantitative estimate of drug-likeness (QED) is 0.712. The number of aromatic hydroxyl groups is 1. The molecule has 5 heteroatoms. The van der Waals surface area contributed by atoms with Crippen molar-refractivity contribution in [2.45, 2.75) is 39.2 Å². The van der Waals surface area contributed by atoms with Gasteiger partial charge in [-0.2, -0.15) is 0 Å². The molecular weight excluding hydrogens is 258 g/mol. The van der Waals surface area contributed by atoms with Crippen LogP contribution in [0.1, 0.15) is 32.3 Å². The lowest BCUT2D eigenvalue weighted by Crippen LogP contribution is -2.41. The molecule has 0 spiro atoms. The third kappa shape index (κ3) is 5.30. The first kappa shape index (κ1) is 16.0. The van der Waals surface area contributed by atoms with E-state index < -0.39 is 12.0 Å². The fourth-order valence-corrected chi connectivity index (χ4v) is 1.93. The summed E-state index contributed by atoms with van der Waals surface area (Å²) in [6.07, 6.45) is 0.934. The Bertz CT molecular complexity index is 471. The fraction of sp³-hybridized carbons (Fsp3) is 0.467. The number of carbonyl (C=O) groups is 2. The molecule has 5 nitrogen and oxygen atoms in total. The molecule has 0 unspecified atom stereocenters. The standard InChI is InChI=1S/C15H21NO4/c1-10(2)9-12(15(19)20)16-14(18)8-7-11-5-3-4-6-13(11)17/h3-6,10,12,17H,7-9H2,1-2H3,(H,16,18)(H,19,20)/t12-/m0/s1. The lowest BCUT2D eigenvalue weighted by molar-refractivity contribution is -0.142. The average Bonchev–Trinajstić information content (AvgIpc) is 2.36. The van der Waals surface area contributed by atoms with Crippen LogP contribution in [-0.4, -0.2) is 28.1 Å². The summed E-state index contributed by atoms with van der Waals surface area (Å²) in [5.74, 6) is -0.997. The Morgan fingerprint density at radius 1 is 1.25 bits per heavy atom. The fourth-order valence-electron chi connectivity index (χ4n) is 1.93.